The summed E-state index contributed by atoms with van der Waals surface area (Å²) in [5, 5.41) is 8.53. The number of carbonyl (C=O) groups excluding carboxylic acids is 1. The van der Waals surface area contributed by atoms with Gasteiger partial charge in [0.15, 0.2) is 5.58 Å². The van der Waals surface area contributed by atoms with E-state index in [2.05, 4.69) is 9.40 Å². The zero-order valence-corrected chi connectivity index (χ0v) is 7.31. The van der Waals surface area contributed by atoms with Crippen molar-refractivity contribution >= 4 is 22.9 Å². The minimum absolute atomic E-state index is 0.0918. The molecule has 76 valence electrons. The fourth-order valence-electron chi connectivity index (χ4n) is 1.28. The fraction of sp³-hybridized carbons (Fsp3) is 0. The molecule has 2 aromatic rings. The zero-order valence-electron chi connectivity index (χ0n) is 7.31. The van der Waals surface area contributed by atoms with E-state index in [0.29, 0.717) is 0 Å². The minimum Gasteiger partial charge on any atom is -0.475 e. The average Bonchev–Trinajstić information content (AvgIpc) is 2.56. The maximum Gasteiger partial charge on any atom is 0.417 e. The molecule has 0 radical (unpaired) electrons. The van der Waals surface area contributed by atoms with Crippen LogP contribution < -0.4 is 5.76 Å². The number of H-pyrrole nitrogens is 1. The van der Waals surface area contributed by atoms with E-state index in [-0.39, 0.29) is 16.7 Å². The quantitative estimate of drug-likeness (QED) is 0.548. The number of para-hydroxylation sites is 1. The van der Waals surface area contributed by atoms with E-state index >= 15 is 0 Å². The Balaban J connectivity index is 2.76. The standard InChI is InChI=1S/C9H5NO5/c11-7(8(12)13)4-2-1-3-5-6(4)10-9(14)15-5/h1-3H,(H,10,14)(H,12,13). The number of benzene rings is 1. The van der Waals surface area contributed by atoms with Gasteiger partial charge in [0.2, 0.25) is 0 Å². The predicted octanol–water partition coefficient (Wildman–Crippen LogP) is 0.388. The Hall–Kier alpha value is -2.37. The van der Waals surface area contributed by atoms with Gasteiger partial charge in [-0.05, 0) is 12.1 Å². The van der Waals surface area contributed by atoms with Crippen LogP contribution in [0.3, 0.4) is 0 Å². The number of carbonyl (C=O) groups is 2. The van der Waals surface area contributed by atoms with Crippen molar-refractivity contribution in [2.45, 2.75) is 0 Å². The summed E-state index contributed by atoms with van der Waals surface area (Å²) >= 11 is 0. The Morgan fingerprint density at radius 1 is 1.33 bits per heavy atom. The van der Waals surface area contributed by atoms with Crippen LogP contribution in [0.5, 0.6) is 0 Å². The van der Waals surface area contributed by atoms with Crippen molar-refractivity contribution in [2.75, 3.05) is 0 Å². The molecule has 1 aromatic carbocycles. The lowest BCUT2D eigenvalue weighted by Crippen LogP contribution is -2.13. The van der Waals surface area contributed by atoms with Crippen LogP contribution in [0.4, 0.5) is 0 Å². The van der Waals surface area contributed by atoms with Gasteiger partial charge in [-0.25, -0.2) is 9.59 Å². The molecule has 0 unspecified atom stereocenters. The number of fused-ring (bicyclic) bond motifs is 1. The van der Waals surface area contributed by atoms with Gasteiger partial charge < -0.3 is 9.52 Å². The SMILES string of the molecule is O=C(O)C(=O)c1cccc2oc(=O)[nH]c12. The molecule has 0 amide bonds. The van der Waals surface area contributed by atoms with Gasteiger partial charge in [-0.15, -0.1) is 0 Å². The first-order valence-electron chi connectivity index (χ1n) is 3.99. The van der Waals surface area contributed by atoms with Crippen LogP contribution in [0.1, 0.15) is 10.4 Å². The third kappa shape index (κ3) is 1.41. The number of carboxylic acid groups (broad SMARTS) is 1. The van der Waals surface area contributed by atoms with E-state index in [9.17, 15) is 14.4 Å². The molecule has 0 aliphatic carbocycles. The van der Waals surface area contributed by atoms with Crippen molar-refractivity contribution in [3.8, 4) is 0 Å². The van der Waals surface area contributed by atoms with Crippen molar-refractivity contribution in [3.05, 3.63) is 34.3 Å². The van der Waals surface area contributed by atoms with Gasteiger partial charge in [0.05, 0.1) is 11.1 Å². The van der Waals surface area contributed by atoms with Gasteiger partial charge in [-0.3, -0.25) is 9.78 Å². The van der Waals surface area contributed by atoms with E-state index in [1.807, 2.05) is 0 Å². The van der Waals surface area contributed by atoms with Crippen molar-refractivity contribution < 1.29 is 19.1 Å². The zero-order chi connectivity index (χ0) is 11.0. The van der Waals surface area contributed by atoms with Gasteiger partial charge in [-0.1, -0.05) is 6.07 Å². The van der Waals surface area contributed by atoms with E-state index < -0.39 is 17.5 Å². The number of ketones is 1. The van der Waals surface area contributed by atoms with Crippen LogP contribution in [-0.2, 0) is 4.79 Å². The normalized spacial score (nSPS) is 10.4. The first-order valence-corrected chi connectivity index (χ1v) is 3.99. The van der Waals surface area contributed by atoms with Crippen LogP contribution in [-0.4, -0.2) is 21.8 Å². The fourth-order valence-corrected chi connectivity index (χ4v) is 1.28. The molecule has 0 atom stereocenters. The lowest BCUT2D eigenvalue weighted by Gasteiger charge is -1.95. The van der Waals surface area contributed by atoms with Gasteiger partial charge in [0, 0.05) is 0 Å². The number of rotatable bonds is 2. The van der Waals surface area contributed by atoms with Crippen LogP contribution in [0.15, 0.2) is 27.4 Å². The second-order valence-electron chi connectivity index (χ2n) is 2.83. The summed E-state index contributed by atoms with van der Waals surface area (Å²) in [6.07, 6.45) is 0. The predicted molar refractivity (Wildman–Crippen MR) is 48.8 cm³/mol. The van der Waals surface area contributed by atoms with Gasteiger partial charge in [0.25, 0.3) is 5.78 Å². The van der Waals surface area contributed by atoms with Gasteiger partial charge in [0.1, 0.15) is 0 Å². The summed E-state index contributed by atoms with van der Waals surface area (Å²) in [5.74, 6) is -3.39. The highest BCUT2D eigenvalue weighted by Crippen LogP contribution is 2.15. The molecule has 0 aliphatic heterocycles. The molecular formula is C9H5NO5. The summed E-state index contributed by atoms with van der Waals surface area (Å²) in [5.41, 5.74) is 0.174. The molecule has 1 aromatic heterocycles. The lowest BCUT2D eigenvalue weighted by atomic mass is 10.1. The number of nitrogens with one attached hydrogen (secondary N) is 1. The van der Waals surface area contributed by atoms with Gasteiger partial charge >= 0.3 is 11.7 Å². The molecule has 0 bridgehead atoms. The molecule has 0 saturated heterocycles. The number of aromatic nitrogens is 1. The molecule has 1 heterocycles. The number of aliphatic carboxylic acids is 1. The van der Waals surface area contributed by atoms with Crippen molar-refractivity contribution in [2.24, 2.45) is 0 Å². The molecule has 2 N–H and O–H groups in total. The number of aromatic amines is 1. The third-order valence-corrected chi connectivity index (χ3v) is 1.89. The summed E-state index contributed by atoms with van der Waals surface area (Å²) in [6.45, 7) is 0. The lowest BCUT2D eigenvalue weighted by molar-refractivity contribution is -0.131. The van der Waals surface area contributed by atoms with Crippen LogP contribution in [0.25, 0.3) is 11.1 Å². The molecule has 15 heavy (non-hydrogen) atoms. The van der Waals surface area contributed by atoms with Crippen molar-refractivity contribution in [1.29, 1.82) is 0 Å². The summed E-state index contributed by atoms with van der Waals surface area (Å²) in [6, 6.07) is 4.21. The Morgan fingerprint density at radius 2 is 2.07 bits per heavy atom. The first-order chi connectivity index (χ1) is 7.09. The van der Waals surface area contributed by atoms with Crippen LogP contribution in [0.2, 0.25) is 0 Å². The highest BCUT2D eigenvalue weighted by molar-refractivity contribution is 6.41. The average molecular weight is 207 g/mol. The number of hydrogen-bond donors (Lipinski definition) is 2. The van der Waals surface area contributed by atoms with Crippen molar-refractivity contribution in [1.82, 2.24) is 4.98 Å². The third-order valence-electron chi connectivity index (χ3n) is 1.89. The second kappa shape index (κ2) is 3.09. The number of oxazole rings is 1. The number of hydrogen-bond acceptors (Lipinski definition) is 4. The monoisotopic (exact) mass is 207 g/mol. The largest absolute Gasteiger partial charge is 0.475 e. The molecular weight excluding hydrogens is 202 g/mol. The van der Waals surface area contributed by atoms with E-state index in [0.717, 1.165) is 0 Å². The Bertz CT molecular complexity index is 606. The topological polar surface area (TPSA) is 100 Å². The Kier molecular flexibility index (Phi) is 1.89. The molecule has 0 fully saturated rings. The van der Waals surface area contributed by atoms with Crippen LogP contribution in [0, 0.1) is 0 Å². The molecule has 0 saturated carbocycles. The number of Topliss-reactive ketones (excluding diaryl/α,β-unsaturated/α-hetero) is 1. The van der Waals surface area contributed by atoms with Crippen molar-refractivity contribution in [3.63, 3.8) is 0 Å². The van der Waals surface area contributed by atoms with Gasteiger partial charge in [-0.2, -0.15) is 0 Å². The molecule has 0 aliphatic rings. The van der Waals surface area contributed by atoms with Crippen LogP contribution >= 0.6 is 0 Å². The number of carboxylic acids is 1. The maximum absolute atomic E-state index is 11.2. The molecule has 2 rings (SSSR count). The summed E-state index contributed by atoms with van der Waals surface area (Å²) in [4.78, 5) is 34.8. The second-order valence-corrected chi connectivity index (χ2v) is 2.83. The minimum atomic E-state index is -1.58. The van der Waals surface area contributed by atoms with E-state index in [1.54, 1.807) is 0 Å². The first kappa shape index (κ1) is 9.20. The highest BCUT2D eigenvalue weighted by atomic mass is 16.4. The Morgan fingerprint density at radius 3 is 2.73 bits per heavy atom. The van der Waals surface area contributed by atoms with E-state index in [1.165, 1.54) is 18.2 Å². The Labute approximate surface area is 82.1 Å². The maximum atomic E-state index is 11.2. The highest BCUT2D eigenvalue weighted by Gasteiger charge is 2.19. The summed E-state index contributed by atoms with van der Waals surface area (Å²) < 4.78 is 4.68. The molecule has 6 nitrogen and oxygen atoms in total. The molecule has 6 heteroatoms. The molecule has 0 spiro atoms. The van der Waals surface area contributed by atoms with E-state index in [4.69, 9.17) is 5.11 Å². The smallest absolute Gasteiger partial charge is 0.417 e. The summed E-state index contributed by atoms with van der Waals surface area (Å²) in [7, 11) is 0.